The number of ketones is 1. The summed E-state index contributed by atoms with van der Waals surface area (Å²) in [5, 5.41) is 22.5. The predicted molar refractivity (Wildman–Crippen MR) is 141 cm³/mol. The van der Waals surface area contributed by atoms with E-state index in [1.165, 1.54) is 29.2 Å². The van der Waals surface area contributed by atoms with E-state index in [0.717, 1.165) is 5.69 Å². The van der Waals surface area contributed by atoms with Gasteiger partial charge in [-0.25, -0.2) is 0 Å². The van der Waals surface area contributed by atoms with Gasteiger partial charge in [0.15, 0.2) is 0 Å². The van der Waals surface area contributed by atoms with Crippen molar-refractivity contribution in [1.29, 1.82) is 0 Å². The molecule has 0 spiro atoms. The number of carbonyl (C=O) groups excluding carboxylic acids is 2. The normalized spacial score (nSPS) is 16.8. The number of aliphatic hydroxyl groups is 1. The highest BCUT2D eigenvalue weighted by Gasteiger charge is 2.47. The van der Waals surface area contributed by atoms with Crippen LogP contribution in [0, 0.1) is 10.1 Å². The van der Waals surface area contributed by atoms with Crippen molar-refractivity contribution in [3.05, 3.63) is 99.6 Å². The quantitative estimate of drug-likeness (QED) is 0.158. The van der Waals surface area contributed by atoms with Crippen molar-refractivity contribution in [1.82, 2.24) is 0 Å². The van der Waals surface area contributed by atoms with Crippen molar-refractivity contribution in [2.24, 2.45) is 0 Å². The van der Waals surface area contributed by atoms with Crippen LogP contribution in [0.1, 0.15) is 31.0 Å². The first kappa shape index (κ1) is 25.4. The Morgan fingerprint density at radius 3 is 2.24 bits per heavy atom. The molecule has 0 bridgehead atoms. The number of non-ortho nitro benzene ring substituents is 1. The molecule has 0 aliphatic carbocycles. The minimum atomic E-state index is -0.952. The molecule has 1 amide bonds. The summed E-state index contributed by atoms with van der Waals surface area (Å²) in [5.41, 5.74) is 1.63. The SMILES string of the molecule is CC(C)Oc1ccc(N2C(=O)C(=O)/C(=C(\O)c3cccc([N+](=O)[O-])c3)C2c2ccc(N(C)C)cc2)cc1. The molecule has 1 fully saturated rings. The highest BCUT2D eigenvalue weighted by molar-refractivity contribution is 6.51. The number of benzene rings is 3. The minimum Gasteiger partial charge on any atom is -0.507 e. The van der Waals surface area contributed by atoms with Crippen LogP contribution in [0.4, 0.5) is 17.1 Å². The lowest BCUT2D eigenvalue weighted by Gasteiger charge is -2.26. The van der Waals surface area contributed by atoms with Crippen LogP contribution < -0.4 is 14.5 Å². The molecular weight excluding hydrogens is 474 g/mol. The van der Waals surface area contributed by atoms with Crippen LogP contribution >= 0.6 is 0 Å². The van der Waals surface area contributed by atoms with Crippen LogP contribution in [-0.4, -0.2) is 41.9 Å². The molecule has 37 heavy (non-hydrogen) atoms. The zero-order valence-corrected chi connectivity index (χ0v) is 20.9. The van der Waals surface area contributed by atoms with Crippen molar-refractivity contribution >= 4 is 34.5 Å². The Bertz CT molecular complexity index is 1380. The average molecular weight is 502 g/mol. The van der Waals surface area contributed by atoms with E-state index >= 15 is 0 Å². The molecular formula is C28H27N3O6. The van der Waals surface area contributed by atoms with Gasteiger partial charge in [0.2, 0.25) is 0 Å². The highest BCUT2D eigenvalue weighted by atomic mass is 16.6. The fourth-order valence-corrected chi connectivity index (χ4v) is 4.25. The zero-order valence-electron chi connectivity index (χ0n) is 20.9. The number of ether oxygens (including phenoxy) is 1. The first-order valence-corrected chi connectivity index (χ1v) is 11.7. The van der Waals surface area contributed by atoms with Crippen LogP contribution in [0.3, 0.4) is 0 Å². The number of hydrogen-bond acceptors (Lipinski definition) is 7. The predicted octanol–water partition coefficient (Wildman–Crippen LogP) is 5.07. The van der Waals surface area contributed by atoms with E-state index in [9.17, 15) is 24.8 Å². The van der Waals surface area contributed by atoms with Crippen molar-refractivity contribution in [3.8, 4) is 5.75 Å². The van der Waals surface area contributed by atoms with Gasteiger partial charge in [-0.3, -0.25) is 24.6 Å². The largest absolute Gasteiger partial charge is 0.507 e. The maximum absolute atomic E-state index is 13.3. The molecule has 1 aliphatic rings. The van der Waals surface area contributed by atoms with Crippen LogP contribution in [0.25, 0.3) is 5.76 Å². The third kappa shape index (κ3) is 5.02. The molecule has 9 heteroatoms. The summed E-state index contributed by atoms with van der Waals surface area (Å²) in [6.07, 6.45) is -0.0368. The first-order valence-electron chi connectivity index (χ1n) is 11.7. The van der Waals surface area contributed by atoms with Gasteiger partial charge in [-0.2, -0.15) is 0 Å². The maximum atomic E-state index is 13.3. The van der Waals surface area contributed by atoms with Gasteiger partial charge in [0.05, 0.1) is 22.6 Å². The number of nitrogens with zero attached hydrogens (tertiary/aromatic N) is 3. The summed E-state index contributed by atoms with van der Waals surface area (Å²) in [6.45, 7) is 3.80. The number of anilines is 2. The second-order valence-corrected chi connectivity index (χ2v) is 9.12. The Morgan fingerprint density at radius 1 is 1.03 bits per heavy atom. The van der Waals surface area contributed by atoms with E-state index in [1.807, 2.05) is 45.0 Å². The lowest BCUT2D eigenvalue weighted by molar-refractivity contribution is -0.384. The van der Waals surface area contributed by atoms with E-state index < -0.39 is 28.4 Å². The Kier molecular flexibility index (Phi) is 6.97. The summed E-state index contributed by atoms with van der Waals surface area (Å²) in [7, 11) is 3.79. The molecule has 1 N–H and O–H groups in total. The van der Waals surface area contributed by atoms with Gasteiger partial charge < -0.3 is 14.7 Å². The maximum Gasteiger partial charge on any atom is 0.300 e. The fourth-order valence-electron chi connectivity index (χ4n) is 4.25. The number of Topliss-reactive ketones (excluding diaryl/α,β-unsaturated/α-hetero) is 1. The lowest BCUT2D eigenvalue weighted by atomic mass is 9.94. The number of aliphatic hydroxyl groups excluding tert-OH is 1. The molecule has 1 aliphatic heterocycles. The van der Waals surface area contributed by atoms with Gasteiger partial charge in [-0.05, 0) is 55.8 Å². The molecule has 1 heterocycles. The van der Waals surface area contributed by atoms with E-state index in [-0.39, 0.29) is 22.9 Å². The van der Waals surface area contributed by atoms with Gasteiger partial charge >= 0.3 is 0 Å². The summed E-state index contributed by atoms with van der Waals surface area (Å²) >= 11 is 0. The molecule has 1 atom stereocenters. The van der Waals surface area contributed by atoms with Gasteiger partial charge in [0.25, 0.3) is 17.4 Å². The molecule has 1 unspecified atom stereocenters. The Hall–Kier alpha value is -4.66. The van der Waals surface area contributed by atoms with Crippen molar-refractivity contribution < 1.29 is 24.4 Å². The number of amides is 1. The summed E-state index contributed by atoms with van der Waals surface area (Å²) in [4.78, 5) is 40.6. The number of rotatable bonds is 7. The molecule has 3 aromatic rings. The van der Waals surface area contributed by atoms with Crippen molar-refractivity contribution in [3.63, 3.8) is 0 Å². The Labute approximate surface area is 214 Å². The van der Waals surface area contributed by atoms with Gasteiger partial charge in [-0.1, -0.05) is 24.3 Å². The highest BCUT2D eigenvalue weighted by Crippen LogP contribution is 2.43. The summed E-state index contributed by atoms with van der Waals surface area (Å²) < 4.78 is 5.70. The number of nitro groups is 1. The molecule has 4 rings (SSSR count). The molecule has 1 saturated heterocycles. The average Bonchev–Trinajstić information content (AvgIpc) is 3.14. The molecule has 0 radical (unpaired) electrons. The second-order valence-electron chi connectivity index (χ2n) is 9.12. The summed E-state index contributed by atoms with van der Waals surface area (Å²) in [5.74, 6) is -1.57. The molecule has 0 saturated carbocycles. The Morgan fingerprint density at radius 2 is 1.68 bits per heavy atom. The van der Waals surface area contributed by atoms with Gasteiger partial charge in [0, 0.05) is 43.2 Å². The molecule has 9 nitrogen and oxygen atoms in total. The van der Waals surface area contributed by atoms with Gasteiger partial charge in [0.1, 0.15) is 11.5 Å². The Balaban J connectivity index is 1.88. The number of carbonyl (C=O) groups is 2. The lowest BCUT2D eigenvalue weighted by Crippen LogP contribution is -2.29. The number of nitro benzene ring substituents is 1. The minimum absolute atomic E-state index is 0.0368. The smallest absolute Gasteiger partial charge is 0.300 e. The van der Waals surface area contributed by atoms with E-state index in [0.29, 0.717) is 17.0 Å². The topological polar surface area (TPSA) is 113 Å². The van der Waals surface area contributed by atoms with E-state index in [1.54, 1.807) is 36.4 Å². The van der Waals surface area contributed by atoms with Crippen LogP contribution in [0.15, 0.2) is 78.4 Å². The fraction of sp³-hybridized carbons (Fsp3) is 0.214. The van der Waals surface area contributed by atoms with Crippen molar-refractivity contribution in [2.75, 3.05) is 23.9 Å². The monoisotopic (exact) mass is 501 g/mol. The third-order valence-corrected chi connectivity index (χ3v) is 5.99. The summed E-state index contributed by atoms with van der Waals surface area (Å²) in [6, 6.07) is 18.4. The van der Waals surface area contributed by atoms with Gasteiger partial charge in [-0.15, -0.1) is 0 Å². The molecule has 190 valence electrons. The van der Waals surface area contributed by atoms with E-state index in [2.05, 4.69) is 0 Å². The van der Waals surface area contributed by atoms with Crippen LogP contribution in [-0.2, 0) is 9.59 Å². The van der Waals surface area contributed by atoms with Crippen LogP contribution in [0.2, 0.25) is 0 Å². The standard InChI is InChI=1S/C28H27N3O6/c1-17(2)37-23-14-12-21(13-15-23)30-25(18-8-10-20(11-9-18)29(3)4)24(27(33)28(30)34)26(32)19-6-5-7-22(16-19)31(35)36/h5-17,25,32H,1-4H3/b26-24-. The van der Waals surface area contributed by atoms with Crippen molar-refractivity contribution in [2.45, 2.75) is 26.0 Å². The molecule has 3 aromatic carbocycles. The van der Waals surface area contributed by atoms with Crippen LogP contribution in [0.5, 0.6) is 5.75 Å². The van der Waals surface area contributed by atoms with E-state index in [4.69, 9.17) is 4.74 Å². The first-order chi connectivity index (χ1) is 17.6. The third-order valence-electron chi connectivity index (χ3n) is 5.99. The molecule has 0 aromatic heterocycles. The second kappa shape index (κ2) is 10.1. The zero-order chi connectivity index (χ0) is 26.9. The number of hydrogen-bond donors (Lipinski definition) is 1.